The molecule has 1 aromatic heterocycles. The number of hydrogen-bond donors (Lipinski definition) is 1. The van der Waals surface area contributed by atoms with E-state index in [1.54, 1.807) is 6.20 Å². The summed E-state index contributed by atoms with van der Waals surface area (Å²) >= 11 is 3.38. The van der Waals surface area contributed by atoms with Crippen LogP contribution < -0.4 is 10.5 Å². The van der Waals surface area contributed by atoms with Crippen molar-refractivity contribution in [3.63, 3.8) is 0 Å². The zero-order chi connectivity index (χ0) is 14.9. The maximum atomic E-state index is 5.95. The Morgan fingerprint density at radius 1 is 1.25 bits per heavy atom. The van der Waals surface area contributed by atoms with E-state index < -0.39 is 0 Å². The summed E-state index contributed by atoms with van der Waals surface area (Å²) in [6.07, 6.45) is 1.59. The number of ether oxygens (including phenoxy) is 1. The zero-order valence-corrected chi connectivity index (χ0v) is 13.7. The van der Waals surface area contributed by atoms with Gasteiger partial charge in [-0.05, 0) is 39.9 Å². The number of aryl methyl sites for hydroxylation is 1. The van der Waals surface area contributed by atoms with E-state index in [1.165, 1.54) is 0 Å². The molecule has 0 fully saturated rings. The highest BCUT2D eigenvalue weighted by Gasteiger charge is 2.20. The predicted octanol–water partition coefficient (Wildman–Crippen LogP) is 4.22. The van der Waals surface area contributed by atoms with Crippen LogP contribution >= 0.6 is 15.9 Å². The molecule has 0 bridgehead atoms. The zero-order valence-electron chi connectivity index (χ0n) is 12.1. The summed E-state index contributed by atoms with van der Waals surface area (Å²) in [5.74, 6) is 1.40. The number of anilines is 1. The standard InChI is InChI=1S/C15H18BrN3O/c1-9-5-6-10(15(2,3)4)12(7-9)20-13-11(16)8-18-14(17)19-13/h5-8H,1-4H3,(H2,17,18,19). The summed E-state index contributed by atoms with van der Waals surface area (Å²) in [7, 11) is 0. The molecule has 2 rings (SSSR count). The molecule has 0 saturated heterocycles. The first kappa shape index (κ1) is 14.8. The number of halogens is 1. The van der Waals surface area contributed by atoms with Gasteiger partial charge in [0.05, 0.1) is 10.7 Å². The number of nitrogens with two attached hydrogens (primary N) is 1. The van der Waals surface area contributed by atoms with Crippen LogP contribution in [0, 0.1) is 6.92 Å². The van der Waals surface area contributed by atoms with Crippen molar-refractivity contribution < 1.29 is 4.74 Å². The largest absolute Gasteiger partial charge is 0.437 e. The lowest BCUT2D eigenvalue weighted by Gasteiger charge is -2.23. The van der Waals surface area contributed by atoms with Gasteiger partial charge in [-0.15, -0.1) is 0 Å². The fourth-order valence-electron chi connectivity index (χ4n) is 1.87. The first-order valence-corrected chi connectivity index (χ1v) is 7.13. The SMILES string of the molecule is Cc1ccc(C(C)(C)C)c(Oc2nc(N)ncc2Br)c1. The second-order valence-electron chi connectivity index (χ2n) is 5.73. The van der Waals surface area contributed by atoms with Gasteiger partial charge in [0.1, 0.15) is 5.75 Å². The fourth-order valence-corrected chi connectivity index (χ4v) is 2.15. The summed E-state index contributed by atoms with van der Waals surface area (Å²) < 4.78 is 6.62. The highest BCUT2D eigenvalue weighted by molar-refractivity contribution is 9.10. The van der Waals surface area contributed by atoms with Crippen LogP contribution in [0.1, 0.15) is 31.9 Å². The van der Waals surface area contributed by atoms with Crippen LogP contribution in [0.25, 0.3) is 0 Å². The van der Waals surface area contributed by atoms with E-state index in [1.807, 2.05) is 13.0 Å². The number of hydrogen-bond acceptors (Lipinski definition) is 4. The number of benzene rings is 1. The number of rotatable bonds is 2. The molecule has 0 saturated carbocycles. The quantitative estimate of drug-likeness (QED) is 0.892. The Kier molecular flexibility index (Phi) is 3.99. The molecule has 0 aliphatic heterocycles. The van der Waals surface area contributed by atoms with Gasteiger partial charge >= 0.3 is 0 Å². The van der Waals surface area contributed by atoms with Crippen molar-refractivity contribution in [3.8, 4) is 11.6 Å². The van der Waals surface area contributed by atoms with Gasteiger partial charge in [-0.1, -0.05) is 32.9 Å². The summed E-state index contributed by atoms with van der Waals surface area (Å²) in [5.41, 5.74) is 7.84. The van der Waals surface area contributed by atoms with Gasteiger partial charge in [-0.3, -0.25) is 0 Å². The van der Waals surface area contributed by atoms with Gasteiger partial charge in [0, 0.05) is 5.56 Å². The van der Waals surface area contributed by atoms with Crippen molar-refractivity contribution in [2.45, 2.75) is 33.1 Å². The molecule has 0 unspecified atom stereocenters. The second-order valence-corrected chi connectivity index (χ2v) is 6.59. The molecule has 106 valence electrons. The minimum absolute atomic E-state index is 0.0198. The molecule has 4 nitrogen and oxygen atoms in total. The van der Waals surface area contributed by atoms with Crippen molar-refractivity contribution in [2.24, 2.45) is 0 Å². The first-order chi connectivity index (χ1) is 9.27. The van der Waals surface area contributed by atoms with E-state index in [4.69, 9.17) is 10.5 Å². The van der Waals surface area contributed by atoms with Crippen LogP contribution in [-0.2, 0) is 5.41 Å². The van der Waals surface area contributed by atoms with Gasteiger partial charge in [0.2, 0.25) is 11.8 Å². The number of nitrogens with zero attached hydrogens (tertiary/aromatic N) is 2. The van der Waals surface area contributed by atoms with E-state index in [9.17, 15) is 0 Å². The average molecular weight is 336 g/mol. The van der Waals surface area contributed by atoms with Crippen LogP contribution in [0.5, 0.6) is 11.6 Å². The second kappa shape index (κ2) is 5.40. The molecule has 20 heavy (non-hydrogen) atoms. The van der Waals surface area contributed by atoms with Gasteiger partial charge in [-0.2, -0.15) is 4.98 Å². The lowest BCUT2D eigenvalue weighted by Crippen LogP contribution is -2.13. The van der Waals surface area contributed by atoms with E-state index in [-0.39, 0.29) is 11.4 Å². The van der Waals surface area contributed by atoms with Crippen LogP contribution in [0.15, 0.2) is 28.9 Å². The van der Waals surface area contributed by atoms with Crippen molar-refractivity contribution in [1.82, 2.24) is 9.97 Å². The fraction of sp³-hybridized carbons (Fsp3) is 0.333. The molecule has 0 aliphatic carbocycles. The summed E-state index contributed by atoms with van der Waals surface area (Å²) in [6, 6.07) is 6.17. The Labute approximate surface area is 127 Å². The van der Waals surface area contributed by atoms with Crippen LogP contribution in [0.4, 0.5) is 5.95 Å². The Morgan fingerprint density at radius 2 is 1.95 bits per heavy atom. The first-order valence-electron chi connectivity index (χ1n) is 6.34. The maximum absolute atomic E-state index is 5.95. The van der Waals surface area contributed by atoms with Crippen molar-refractivity contribution in [3.05, 3.63) is 40.0 Å². The third kappa shape index (κ3) is 3.28. The minimum Gasteiger partial charge on any atom is -0.437 e. The predicted molar refractivity (Wildman–Crippen MR) is 84.1 cm³/mol. The monoisotopic (exact) mass is 335 g/mol. The topological polar surface area (TPSA) is 61.0 Å². The Hall–Kier alpha value is -1.62. The van der Waals surface area contributed by atoms with Crippen LogP contribution in [0.3, 0.4) is 0 Å². The third-order valence-electron chi connectivity index (χ3n) is 2.88. The van der Waals surface area contributed by atoms with E-state index in [0.29, 0.717) is 10.4 Å². The Bertz CT molecular complexity index is 636. The molecule has 0 atom stereocenters. The number of aromatic nitrogens is 2. The van der Waals surface area contributed by atoms with Crippen molar-refractivity contribution >= 4 is 21.9 Å². The summed E-state index contributed by atoms with van der Waals surface area (Å²) in [4.78, 5) is 8.03. The Morgan fingerprint density at radius 3 is 2.60 bits per heavy atom. The molecule has 0 spiro atoms. The van der Waals surface area contributed by atoms with Crippen LogP contribution in [-0.4, -0.2) is 9.97 Å². The normalized spacial score (nSPS) is 11.4. The van der Waals surface area contributed by atoms with Gasteiger partial charge in [0.15, 0.2) is 0 Å². The van der Waals surface area contributed by atoms with Gasteiger partial charge in [0.25, 0.3) is 0 Å². The van der Waals surface area contributed by atoms with Crippen molar-refractivity contribution in [1.29, 1.82) is 0 Å². The molecule has 1 heterocycles. The van der Waals surface area contributed by atoms with E-state index >= 15 is 0 Å². The van der Waals surface area contributed by atoms with Gasteiger partial charge in [-0.25, -0.2) is 4.98 Å². The van der Waals surface area contributed by atoms with Gasteiger partial charge < -0.3 is 10.5 Å². The lowest BCUT2D eigenvalue weighted by atomic mass is 9.86. The maximum Gasteiger partial charge on any atom is 0.238 e. The molecular formula is C15H18BrN3O. The van der Waals surface area contributed by atoms with E-state index in [2.05, 4.69) is 58.8 Å². The highest BCUT2D eigenvalue weighted by Crippen LogP contribution is 2.36. The average Bonchev–Trinajstić information content (AvgIpc) is 2.32. The lowest BCUT2D eigenvalue weighted by molar-refractivity contribution is 0.436. The molecule has 2 aromatic rings. The summed E-state index contributed by atoms with van der Waals surface area (Å²) in [6.45, 7) is 8.47. The molecule has 0 aliphatic rings. The third-order valence-corrected chi connectivity index (χ3v) is 3.43. The van der Waals surface area contributed by atoms with Crippen LogP contribution in [0.2, 0.25) is 0 Å². The Balaban J connectivity index is 2.47. The molecule has 5 heteroatoms. The highest BCUT2D eigenvalue weighted by atomic mass is 79.9. The molecular weight excluding hydrogens is 318 g/mol. The molecule has 1 aromatic carbocycles. The van der Waals surface area contributed by atoms with Crippen molar-refractivity contribution in [2.75, 3.05) is 5.73 Å². The number of nitrogen functional groups attached to an aromatic ring is 1. The smallest absolute Gasteiger partial charge is 0.238 e. The minimum atomic E-state index is -0.0198. The molecule has 2 N–H and O–H groups in total. The summed E-state index contributed by atoms with van der Waals surface area (Å²) in [5, 5.41) is 0. The van der Waals surface area contributed by atoms with E-state index in [0.717, 1.165) is 16.9 Å². The molecule has 0 amide bonds. The molecule has 0 radical (unpaired) electrons.